The maximum atomic E-state index is 13.3. The number of anilines is 1. The van der Waals surface area contributed by atoms with Gasteiger partial charge in [0, 0.05) is 18.9 Å². The Hall–Kier alpha value is -2.66. The molecule has 2 aromatic carbocycles. The van der Waals surface area contributed by atoms with E-state index in [0.29, 0.717) is 37.3 Å². The predicted molar refractivity (Wildman–Crippen MR) is 109 cm³/mol. The molecule has 1 amide bonds. The molecule has 0 saturated carbocycles. The number of carbonyl (C=O) groups is 2. The van der Waals surface area contributed by atoms with Crippen molar-refractivity contribution in [2.75, 3.05) is 18.5 Å². The molecule has 0 unspecified atom stereocenters. The standard InChI is InChI=1S/C23H27NO4/c1-16-4-6-18(7-5-16)23(12-14-28-15-13-23)20(25)24-19-10-8-17(9-11-19)22(2,3)21(26)27/h4-11H,12-15H2,1-3H3,(H,24,25)(H,26,27). The van der Waals surface area contributed by atoms with E-state index in [9.17, 15) is 14.7 Å². The van der Waals surface area contributed by atoms with Gasteiger partial charge in [0.15, 0.2) is 0 Å². The highest BCUT2D eigenvalue weighted by molar-refractivity contribution is 5.99. The van der Waals surface area contributed by atoms with E-state index >= 15 is 0 Å². The average Bonchev–Trinajstić information content (AvgIpc) is 2.69. The summed E-state index contributed by atoms with van der Waals surface area (Å²) in [7, 11) is 0. The van der Waals surface area contributed by atoms with Gasteiger partial charge in [0.05, 0.1) is 10.8 Å². The fraction of sp³-hybridized carbons (Fsp3) is 0.391. The molecule has 0 aliphatic carbocycles. The number of hydrogen-bond acceptors (Lipinski definition) is 3. The maximum absolute atomic E-state index is 13.3. The number of amides is 1. The Labute approximate surface area is 165 Å². The van der Waals surface area contributed by atoms with Crippen LogP contribution < -0.4 is 5.32 Å². The molecule has 5 nitrogen and oxygen atoms in total. The Kier molecular flexibility index (Phi) is 5.57. The first-order valence-corrected chi connectivity index (χ1v) is 9.56. The molecule has 2 aromatic rings. The number of aliphatic carboxylic acids is 1. The van der Waals surface area contributed by atoms with Crippen LogP contribution in [0.25, 0.3) is 0 Å². The summed E-state index contributed by atoms with van der Waals surface area (Å²) in [6.45, 7) is 6.45. The number of carbonyl (C=O) groups excluding carboxylic acids is 1. The molecule has 0 radical (unpaired) electrons. The van der Waals surface area contributed by atoms with E-state index in [1.165, 1.54) is 0 Å². The largest absolute Gasteiger partial charge is 0.481 e. The summed E-state index contributed by atoms with van der Waals surface area (Å²) < 4.78 is 5.51. The van der Waals surface area contributed by atoms with Gasteiger partial charge in [0.25, 0.3) is 0 Å². The van der Waals surface area contributed by atoms with Gasteiger partial charge in [0.2, 0.25) is 5.91 Å². The zero-order chi connectivity index (χ0) is 20.4. The monoisotopic (exact) mass is 381 g/mol. The Morgan fingerprint density at radius 3 is 2.11 bits per heavy atom. The van der Waals surface area contributed by atoms with Crippen molar-refractivity contribution in [2.45, 2.75) is 44.4 Å². The number of carboxylic acid groups (broad SMARTS) is 1. The van der Waals surface area contributed by atoms with Crippen LogP contribution in [0, 0.1) is 6.92 Å². The smallest absolute Gasteiger partial charge is 0.313 e. The third kappa shape index (κ3) is 3.80. The highest BCUT2D eigenvalue weighted by atomic mass is 16.5. The van der Waals surface area contributed by atoms with Gasteiger partial charge in [-0.15, -0.1) is 0 Å². The third-order valence-electron chi connectivity index (χ3n) is 5.78. The zero-order valence-corrected chi connectivity index (χ0v) is 16.6. The van der Waals surface area contributed by atoms with Crippen molar-refractivity contribution in [1.82, 2.24) is 0 Å². The second-order valence-corrected chi connectivity index (χ2v) is 8.02. The minimum absolute atomic E-state index is 0.0510. The highest BCUT2D eigenvalue weighted by Crippen LogP contribution is 2.36. The lowest BCUT2D eigenvalue weighted by Gasteiger charge is -2.36. The Balaban J connectivity index is 1.85. The van der Waals surface area contributed by atoms with E-state index in [2.05, 4.69) is 5.32 Å². The van der Waals surface area contributed by atoms with Gasteiger partial charge < -0.3 is 15.2 Å². The number of carboxylic acids is 1. The molecule has 5 heteroatoms. The first-order chi connectivity index (χ1) is 13.3. The molecular weight excluding hydrogens is 354 g/mol. The molecule has 1 saturated heterocycles. The molecule has 148 valence electrons. The van der Waals surface area contributed by atoms with E-state index in [-0.39, 0.29) is 5.91 Å². The molecule has 3 rings (SSSR count). The van der Waals surface area contributed by atoms with Gasteiger partial charge in [-0.2, -0.15) is 0 Å². The normalized spacial score (nSPS) is 16.4. The van der Waals surface area contributed by atoms with Crippen LogP contribution in [0.1, 0.15) is 43.4 Å². The molecule has 1 aliphatic rings. The molecule has 2 N–H and O–H groups in total. The van der Waals surface area contributed by atoms with Gasteiger partial charge >= 0.3 is 5.97 Å². The number of rotatable bonds is 5. The van der Waals surface area contributed by atoms with E-state index in [0.717, 1.165) is 11.1 Å². The first-order valence-electron chi connectivity index (χ1n) is 9.56. The zero-order valence-electron chi connectivity index (χ0n) is 16.6. The van der Waals surface area contributed by atoms with Gasteiger partial charge in [-0.1, -0.05) is 42.0 Å². The average molecular weight is 381 g/mol. The highest BCUT2D eigenvalue weighted by Gasteiger charge is 2.41. The lowest BCUT2D eigenvalue weighted by molar-refractivity contribution is -0.142. The third-order valence-corrected chi connectivity index (χ3v) is 5.78. The number of ether oxygens (including phenoxy) is 1. The van der Waals surface area contributed by atoms with E-state index in [1.807, 2.05) is 31.2 Å². The second kappa shape index (κ2) is 7.76. The van der Waals surface area contributed by atoms with Crippen molar-refractivity contribution < 1.29 is 19.4 Å². The van der Waals surface area contributed by atoms with E-state index in [4.69, 9.17) is 4.74 Å². The summed E-state index contributed by atoms with van der Waals surface area (Å²) >= 11 is 0. The van der Waals surface area contributed by atoms with Crippen LogP contribution >= 0.6 is 0 Å². The van der Waals surface area contributed by atoms with Crippen LogP contribution in [0.2, 0.25) is 0 Å². The minimum Gasteiger partial charge on any atom is -0.481 e. The fourth-order valence-electron chi connectivity index (χ4n) is 3.58. The van der Waals surface area contributed by atoms with Crippen molar-refractivity contribution in [2.24, 2.45) is 0 Å². The van der Waals surface area contributed by atoms with Gasteiger partial charge in [-0.05, 0) is 56.9 Å². The van der Waals surface area contributed by atoms with Crippen LogP contribution in [0.3, 0.4) is 0 Å². The summed E-state index contributed by atoms with van der Waals surface area (Å²) in [5.41, 5.74) is 1.91. The number of hydrogen-bond donors (Lipinski definition) is 2. The lowest BCUT2D eigenvalue weighted by atomic mass is 9.73. The summed E-state index contributed by atoms with van der Waals surface area (Å²) in [6.07, 6.45) is 1.26. The SMILES string of the molecule is Cc1ccc(C2(C(=O)Nc3ccc(C(C)(C)C(=O)O)cc3)CCOCC2)cc1. The molecule has 0 bridgehead atoms. The van der Waals surface area contributed by atoms with Crippen molar-refractivity contribution in [3.8, 4) is 0 Å². The van der Waals surface area contributed by atoms with E-state index < -0.39 is 16.8 Å². The summed E-state index contributed by atoms with van der Waals surface area (Å²) in [5.74, 6) is -0.935. The molecule has 1 fully saturated rings. The fourth-order valence-corrected chi connectivity index (χ4v) is 3.58. The van der Waals surface area contributed by atoms with Gasteiger partial charge in [-0.3, -0.25) is 9.59 Å². The Morgan fingerprint density at radius 2 is 1.57 bits per heavy atom. The van der Waals surface area contributed by atoms with Crippen molar-refractivity contribution in [3.05, 3.63) is 65.2 Å². The molecular formula is C23H27NO4. The Bertz CT molecular complexity index is 847. The first kappa shape index (κ1) is 20.1. The van der Waals surface area contributed by atoms with E-state index in [1.54, 1.807) is 38.1 Å². The summed E-state index contributed by atoms with van der Waals surface area (Å²) in [6, 6.07) is 15.2. The van der Waals surface area contributed by atoms with Crippen molar-refractivity contribution >= 4 is 17.6 Å². The molecule has 1 aliphatic heterocycles. The minimum atomic E-state index is -0.980. The number of aryl methyl sites for hydroxylation is 1. The van der Waals surface area contributed by atoms with Crippen LogP contribution in [0.15, 0.2) is 48.5 Å². The molecule has 28 heavy (non-hydrogen) atoms. The Morgan fingerprint density at radius 1 is 1.00 bits per heavy atom. The number of benzene rings is 2. The summed E-state index contributed by atoms with van der Waals surface area (Å²) in [4.78, 5) is 24.7. The quantitative estimate of drug-likeness (QED) is 0.819. The molecule has 1 heterocycles. The van der Waals surface area contributed by atoms with Gasteiger partial charge in [0.1, 0.15) is 0 Å². The molecule has 0 atom stereocenters. The summed E-state index contributed by atoms with van der Waals surface area (Å²) in [5, 5.41) is 12.4. The number of nitrogens with one attached hydrogen (secondary N) is 1. The predicted octanol–water partition coefficient (Wildman–Crippen LogP) is 4.04. The van der Waals surface area contributed by atoms with Crippen LogP contribution in [0.5, 0.6) is 0 Å². The van der Waals surface area contributed by atoms with Crippen molar-refractivity contribution in [1.29, 1.82) is 0 Å². The van der Waals surface area contributed by atoms with Crippen LogP contribution in [0.4, 0.5) is 5.69 Å². The molecule has 0 spiro atoms. The lowest BCUT2D eigenvalue weighted by Crippen LogP contribution is -2.44. The van der Waals surface area contributed by atoms with Crippen LogP contribution in [-0.2, 0) is 25.2 Å². The van der Waals surface area contributed by atoms with Crippen molar-refractivity contribution in [3.63, 3.8) is 0 Å². The molecule has 0 aromatic heterocycles. The topological polar surface area (TPSA) is 75.6 Å². The maximum Gasteiger partial charge on any atom is 0.313 e. The second-order valence-electron chi connectivity index (χ2n) is 8.02. The van der Waals surface area contributed by atoms with Crippen LogP contribution in [-0.4, -0.2) is 30.2 Å². The van der Waals surface area contributed by atoms with Gasteiger partial charge in [-0.25, -0.2) is 0 Å².